The summed E-state index contributed by atoms with van der Waals surface area (Å²) < 4.78 is 9.60. The molecule has 15 heavy (non-hydrogen) atoms. The van der Waals surface area contributed by atoms with Crippen LogP contribution in [0.5, 0.6) is 5.75 Å². The summed E-state index contributed by atoms with van der Waals surface area (Å²) in [6, 6.07) is 5.69. The van der Waals surface area contributed by atoms with Crippen LogP contribution in [0.3, 0.4) is 0 Å². The molecule has 0 spiro atoms. The first-order valence-electron chi connectivity index (χ1n) is 4.58. The van der Waals surface area contributed by atoms with Crippen LogP contribution in [0.1, 0.15) is 11.1 Å². The third-order valence-corrected chi connectivity index (χ3v) is 2.09. The summed E-state index contributed by atoms with van der Waals surface area (Å²) in [4.78, 5) is 10.9. The van der Waals surface area contributed by atoms with Crippen LogP contribution in [0.2, 0.25) is 0 Å². The Kier molecular flexibility index (Phi) is 3.92. The van der Waals surface area contributed by atoms with Gasteiger partial charge in [-0.15, -0.1) is 0 Å². The van der Waals surface area contributed by atoms with E-state index in [0.29, 0.717) is 0 Å². The molecule has 1 rings (SSSR count). The van der Waals surface area contributed by atoms with E-state index in [1.807, 2.05) is 25.1 Å². The van der Waals surface area contributed by atoms with Gasteiger partial charge in [0.15, 0.2) is 0 Å². The predicted octanol–water partition coefficient (Wildman–Crippen LogP) is 2.19. The fourth-order valence-corrected chi connectivity index (χ4v) is 1.15. The van der Waals surface area contributed by atoms with E-state index in [2.05, 4.69) is 4.74 Å². The lowest BCUT2D eigenvalue weighted by atomic mass is 10.1. The SMILES string of the molecule is COC(=O)/C=C/c1cc(OC)ccc1C. The standard InChI is InChI=1S/C12H14O3/c1-9-4-6-11(14-2)8-10(9)5-7-12(13)15-3/h4-8H,1-3H3/b7-5+. The number of hydrogen-bond acceptors (Lipinski definition) is 3. The molecule has 0 fully saturated rings. The first-order valence-corrected chi connectivity index (χ1v) is 4.58. The van der Waals surface area contributed by atoms with Crippen molar-refractivity contribution in [3.8, 4) is 5.75 Å². The second kappa shape index (κ2) is 5.20. The van der Waals surface area contributed by atoms with Crippen LogP contribution in [-0.4, -0.2) is 20.2 Å². The lowest BCUT2D eigenvalue weighted by Crippen LogP contribution is -1.94. The van der Waals surface area contributed by atoms with Gasteiger partial charge in [-0.1, -0.05) is 6.07 Å². The molecule has 0 aliphatic heterocycles. The van der Waals surface area contributed by atoms with Gasteiger partial charge < -0.3 is 9.47 Å². The van der Waals surface area contributed by atoms with Crippen LogP contribution in [0, 0.1) is 6.92 Å². The molecule has 3 heteroatoms. The molecule has 0 amide bonds. The number of rotatable bonds is 3. The quantitative estimate of drug-likeness (QED) is 0.561. The molecule has 0 atom stereocenters. The number of esters is 1. The van der Waals surface area contributed by atoms with Crippen molar-refractivity contribution in [1.82, 2.24) is 0 Å². The molecule has 0 aliphatic rings. The van der Waals surface area contributed by atoms with Crippen molar-refractivity contribution in [2.24, 2.45) is 0 Å². The number of carbonyl (C=O) groups excluding carboxylic acids is 1. The van der Waals surface area contributed by atoms with Crippen LogP contribution in [0.15, 0.2) is 24.3 Å². The molecule has 3 nitrogen and oxygen atoms in total. The molecule has 1 aromatic carbocycles. The van der Waals surface area contributed by atoms with Crippen molar-refractivity contribution in [2.75, 3.05) is 14.2 Å². The van der Waals surface area contributed by atoms with Crippen LogP contribution in [0.4, 0.5) is 0 Å². The zero-order valence-corrected chi connectivity index (χ0v) is 9.11. The van der Waals surface area contributed by atoms with Gasteiger partial charge in [-0.05, 0) is 36.3 Å². The number of hydrogen-bond donors (Lipinski definition) is 0. The van der Waals surface area contributed by atoms with Gasteiger partial charge in [0.25, 0.3) is 0 Å². The largest absolute Gasteiger partial charge is 0.497 e. The van der Waals surface area contributed by atoms with Crippen molar-refractivity contribution in [3.63, 3.8) is 0 Å². The molecule has 0 aromatic heterocycles. The van der Waals surface area contributed by atoms with Gasteiger partial charge in [-0.2, -0.15) is 0 Å². The minimum atomic E-state index is -0.364. The topological polar surface area (TPSA) is 35.5 Å². The van der Waals surface area contributed by atoms with Gasteiger partial charge in [0.1, 0.15) is 5.75 Å². The Morgan fingerprint density at radius 2 is 2.07 bits per heavy atom. The summed E-state index contributed by atoms with van der Waals surface area (Å²) >= 11 is 0. The Balaban J connectivity index is 2.93. The molecule has 0 aliphatic carbocycles. The molecule has 0 bridgehead atoms. The van der Waals surface area contributed by atoms with Crippen LogP contribution in [0.25, 0.3) is 6.08 Å². The molecule has 0 saturated heterocycles. The van der Waals surface area contributed by atoms with Crippen LogP contribution >= 0.6 is 0 Å². The van der Waals surface area contributed by atoms with Gasteiger partial charge in [-0.25, -0.2) is 4.79 Å². The van der Waals surface area contributed by atoms with Crippen LogP contribution in [-0.2, 0) is 9.53 Å². The van der Waals surface area contributed by atoms with Crippen molar-refractivity contribution in [3.05, 3.63) is 35.4 Å². The Morgan fingerprint density at radius 3 is 2.67 bits per heavy atom. The van der Waals surface area contributed by atoms with Crippen molar-refractivity contribution < 1.29 is 14.3 Å². The highest BCUT2D eigenvalue weighted by Crippen LogP contribution is 2.18. The third-order valence-electron chi connectivity index (χ3n) is 2.09. The maximum atomic E-state index is 10.9. The first kappa shape index (κ1) is 11.3. The van der Waals surface area contributed by atoms with Gasteiger partial charge in [0, 0.05) is 6.08 Å². The van der Waals surface area contributed by atoms with E-state index < -0.39 is 0 Å². The van der Waals surface area contributed by atoms with Gasteiger partial charge in [-0.3, -0.25) is 0 Å². The van der Waals surface area contributed by atoms with E-state index in [9.17, 15) is 4.79 Å². The highest BCUT2D eigenvalue weighted by atomic mass is 16.5. The lowest BCUT2D eigenvalue weighted by molar-refractivity contribution is -0.134. The zero-order chi connectivity index (χ0) is 11.3. The van der Waals surface area contributed by atoms with E-state index in [1.54, 1.807) is 13.2 Å². The van der Waals surface area contributed by atoms with E-state index in [1.165, 1.54) is 13.2 Å². The lowest BCUT2D eigenvalue weighted by Gasteiger charge is -2.03. The maximum absolute atomic E-state index is 10.9. The average Bonchev–Trinajstić information content (AvgIpc) is 2.27. The van der Waals surface area contributed by atoms with Gasteiger partial charge >= 0.3 is 5.97 Å². The van der Waals surface area contributed by atoms with E-state index in [4.69, 9.17) is 4.74 Å². The Bertz CT molecular complexity index is 380. The van der Waals surface area contributed by atoms with E-state index in [0.717, 1.165) is 16.9 Å². The molecule has 1 aromatic rings. The summed E-state index contributed by atoms with van der Waals surface area (Å²) in [5.41, 5.74) is 2.02. The number of carbonyl (C=O) groups is 1. The Labute approximate surface area is 89.3 Å². The summed E-state index contributed by atoms with van der Waals surface area (Å²) in [6.45, 7) is 1.97. The second-order valence-corrected chi connectivity index (χ2v) is 3.08. The van der Waals surface area contributed by atoms with Crippen molar-refractivity contribution >= 4 is 12.0 Å². The van der Waals surface area contributed by atoms with Gasteiger partial charge in [0.05, 0.1) is 14.2 Å². The number of methoxy groups -OCH3 is 2. The molecular weight excluding hydrogens is 192 g/mol. The molecule has 0 saturated carbocycles. The van der Waals surface area contributed by atoms with Crippen molar-refractivity contribution in [2.45, 2.75) is 6.92 Å². The molecule has 0 radical (unpaired) electrons. The summed E-state index contributed by atoms with van der Waals surface area (Å²) in [7, 11) is 2.96. The smallest absolute Gasteiger partial charge is 0.330 e. The highest BCUT2D eigenvalue weighted by Gasteiger charge is 1.98. The molecule has 0 heterocycles. The molecule has 80 valence electrons. The number of ether oxygens (including phenoxy) is 2. The fraction of sp³-hybridized carbons (Fsp3) is 0.250. The predicted molar refractivity (Wildman–Crippen MR) is 58.8 cm³/mol. The monoisotopic (exact) mass is 206 g/mol. The molecule has 0 unspecified atom stereocenters. The summed E-state index contributed by atoms with van der Waals surface area (Å²) in [6.07, 6.45) is 3.10. The van der Waals surface area contributed by atoms with Gasteiger partial charge in [0.2, 0.25) is 0 Å². The maximum Gasteiger partial charge on any atom is 0.330 e. The van der Waals surface area contributed by atoms with E-state index in [-0.39, 0.29) is 5.97 Å². The second-order valence-electron chi connectivity index (χ2n) is 3.08. The highest BCUT2D eigenvalue weighted by molar-refractivity contribution is 5.87. The normalized spacial score (nSPS) is 10.3. The molecule has 0 N–H and O–H groups in total. The number of aryl methyl sites for hydroxylation is 1. The fourth-order valence-electron chi connectivity index (χ4n) is 1.15. The zero-order valence-electron chi connectivity index (χ0n) is 9.11. The Morgan fingerprint density at radius 1 is 1.33 bits per heavy atom. The number of benzene rings is 1. The third kappa shape index (κ3) is 3.13. The minimum absolute atomic E-state index is 0.364. The Hall–Kier alpha value is -1.77. The summed E-state index contributed by atoms with van der Waals surface area (Å²) in [5.74, 6) is 0.405. The summed E-state index contributed by atoms with van der Waals surface area (Å²) in [5, 5.41) is 0. The molecular formula is C12H14O3. The van der Waals surface area contributed by atoms with E-state index >= 15 is 0 Å². The first-order chi connectivity index (χ1) is 7.17. The van der Waals surface area contributed by atoms with Crippen LogP contribution < -0.4 is 4.74 Å². The van der Waals surface area contributed by atoms with Crippen molar-refractivity contribution in [1.29, 1.82) is 0 Å². The minimum Gasteiger partial charge on any atom is -0.497 e. The average molecular weight is 206 g/mol.